The SMILES string of the molecule is CCOC(=O)c1cn2cc(Br)nc(NCC3CCN(C(=O)OC(C)(C)C)CC3)c2n1. The van der Waals surface area contributed by atoms with Crippen molar-refractivity contribution in [1.29, 1.82) is 0 Å². The molecule has 0 bridgehead atoms. The highest BCUT2D eigenvalue weighted by Crippen LogP contribution is 2.23. The maximum absolute atomic E-state index is 12.2. The fourth-order valence-electron chi connectivity index (χ4n) is 3.28. The minimum absolute atomic E-state index is 0.241. The average molecular weight is 482 g/mol. The number of carbonyl (C=O) groups is 2. The number of hydrogen-bond acceptors (Lipinski definition) is 7. The Morgan fingerprint density at radius 1 is 1.23 bits per heavy atom. The van der Waals surface area contributed by atoms with Crippen molar-refractivity contribution in [1.82, 2.24) is 19.3 Å². The Hall–Kier alpha value is -2.36. The molecule has 1 fully saturated rings. The van der Waals surface area contributed by atoms with E-state index in [1.807, 2.05) is 20.8 Å². The maximum atomic E-state index is 12.2. The van der Waals surface area contributed by atoms with Crippen LogP contribution in [0.3, 0.4) is 0 Å². The van der Waals surface area contributed by atoms with Gasteiger partial charge in [0, 0.05) is 32.0 Å². The normalized spacial score (nSPS) is 15.3. The molecule has 1 amide bonds. The van der Waals surface area contributed by atoms with Gasteiger partial charge in [0.05, 0.1) is 6.61 Å². The molecule has 0 atom stereocenters. The summed E-state index contributed by atoms with van der Waals surface area (Å²) in [6, 6.07) is 0. The molecule has 0 aromatic carbocycles. The number of fused-ring (bicyclic) bond motifs is 1. The second kappa shape index (κ2) is 9.20. The highest BCUT2D eigenvalue weighted by Gasteiger charge is 2.27. The highest BCUT2D eigenvalue weighted by atomic mass is 79.9. The molecule has 3 rings (SSSR count). The van der Waals surface area contributed by atoms with Crippen LogP contribution in [-0.4, -0.2) is 63.2 Å². The Kier molecular flexibility index (Phi) is 6.84. The van der Waals surface area contributed by atoms with E-state index in [1.54, 1.807) is 28.6 Å². The Morgan fingerprint density at radius 3 is 2.57 bits per heavy atom. The molecule has 0 spiro atoms. The van der Waals surface area contributed by atoms with Crippen molar-refractivity contribution in [2.45, 2.75) is 46.1 Å². The molecule has 0 saturated carbocycles. The summed E-state index contributed by atoms with van der Waals surface area (Å²) < 4.78 is 12.9. The fraction of sp³-hybridized carbons (Fsp3) is 0.600. The third kappa shape index (κ3) is 5.62. The molecule has 2 aromatic heterocycles. The Morgan fingerprint density at radius 2 is 1.93 bits per heavy atom. The summed E-state index contributed by atoms with van der Waals surface area (Å²) in [5, 5.41) is 3.35. The molecule has 0 radical (unpaired) electrons. The number of aromatic nitrogens is 3. The van der Waals surface area contributed by atoms with E-state index >= 15 is 0 Å². The van der Waals surface area contributed by atoms with Crippen LogP contribution in [0.2, 0.25) is 0 Å². The molecule has 0 aliphatic carbocycles. The van der Waals surface area contributed by atoms with E-state index < -0.39 is 11.6 Å². The monoisotopic (exact) mass is 481 g/mol. The van der Waals surface area contributed by atoms with Crippen molar-refractivity contribution < 1.29 is 19.1 Å². The first-order valence-electron chi connectivity index (χ1n) is 10.1. The number of esters is 1. The van der Waals surface area contributed by atoms with Gasteiger partial charge in [-0.1, -0.05) is 0 Å². The number of rotatable bonds is 5. The topological polar surface area (TPSA) is 98.1 Å². The lowest BCUT2D eigenvalue weighted by atomic mass is 9.97. The van der Waals surface area contributed by atoms with Crippen LogP contribution in [-0.2, 0) is 9.47 Å². The van der Waals surface area contributed by atoms with E-state index in [-0.39, 0.29) is 11.8 Å². The molecule has 0 unspecified atom stereocenters. The van der Waals surface area contributed by atoms with Gasteiger partial charge < -0.3 is 24.1 Å². The predicted octanol–water partition coefficient (Wildman–Crippen LogP) is 3.73. The minimum Gasteiger partial charge on any atom is -0.461 e. The molecule has 1 saturated heterocycles. The number of nitrogens with one attached hydrogen (secondary N) is 1. The van der Waals surface area contributed by atoms with Crippen LogP contribution in [0.25, 0.3) is 5.65 Å². The van der Waals surface area contributed by atoms with Crippen molar-refractivity contribution in [2.24, 2.45) is 5.92 Å². The summed E-state index contributed by atoms with van der Waals surface area (Å²) in [6.45, 7) is 9.69. The summed E-state index contributed by atoms with van der Waals surface area (Å²) in [4.78, 5) is 34.8. The number of anilines is 1. The standard InChI is InChI=1S/C20H28BrN5O4/c1-5-29-18(27)14-11-26-12-15(21)24-16(17(26)23-14)22-10-13-6-8-25(9-7-13)19(28)30-20(2,3)4/h11-13H,5-10H2,1-4H3,(H,22,24). The van der Waals surface area contributed by atoms with E-state index in [2.05, 4.69) is 31.2 Å². The van der Waals surface area contributed by atoms with Crippen LogP contribution in [0.15, 0.2) is 17.0 Å². The van der Waals surface area contributed by atoms with Crippen LogP contribution < -0.4 is 5.32 Å². The summed E-state index contributed by atoms with van der Waals surface area (Å²) in [6.07, 6.45) is 4.87. The predicted molar refractivity (Wildman–Crippen MR) is 116 cm³/mol. The summed E-state index contributed by atoms with van der Waals surface area (Å²) in [5.41, 5.74) is 0.317. The lowest BCUT2D eigenvalue weighted by Crippen LogP contribution is -2.42. The first kappa shape index (κ1) is 22.3. The lowest BCUT2D eigenvalue weighted by Gasteiger charge is -2.33. The zero-order chi connectivity index (χ0) is 21.9. The largest absolute Gasteiger partial charge is 0.461 e. The first-order chi connectivity index (χ1) is 14.2. The number of nitrogens with zero attached hydrogens (tertiary/aromatic N) is 4. The molecule has 1 aliphatic heterocycles. The third-order valence-corrected chi connectivity index (χ3v) is 5.10. The van der Waals surface area contributed by atoms with Gasteiger partial charge in [-0.05, 0) is 62.4 Å². The molecule has 30 heavy (non-hydrogen) atoms. The van der Waals surface area contributed by atoms with Crippen molar-refractivity contribution in [3.63, 3.8) is 0 Å². The van der Waals surface area contributed by atoms with Crippen molar-refractivity contribution in [3.8, 4) is 0 Å². The quantitative estimate of drug-likeness (QED) is 0.649. The van der Waals surface area contributed by atoms with Gasteiger partial charge in [0.2, 0.25) is 0 Å². The molecule has 1 aliphatic rings. The van der Waals surface area contributed by atoms with Crippen molar-refractivity contribution in [2.75, 3.05) is 31.6 Å². The third-order valence-electron chi connectivity index (χ3n) is 4.72. The van der Waals surface area contributed by atoms with Gasteiger partial charge in [-0.25, -0.2) is 19.6 Å². The molecular formula is C20H28BrN5O4. The summed E-state index contributed by atoms with van der Waals surface area (Å²) >= 11 is 3.40. The number of hydrogen-bond donors (Lipinski definition) is 1. The van der Waals surface area contributed by atoms with Gasteiger partial charge >= 0.3 is 12.1 Å². The molecule has 10 heteroatoms. The first-order valence-corrected chi connectivity index (χ1v) is 10.9. The van der Waals surface area contributed by atoms with E-state index in [0.717, 1.165) is 12.8 Å². The van der Waals surface area contributed by atoms with Gasteiger partial charge in [0.15, 0.2) is 17.2 Å². The Balaban J connectivity index is 1.61. The average Bonchev–Trinajstić information content (AvgIpc) is 3.09. The minimum atomic E-state index is -0.486. The maximum Gasteiger partial charge on any atom is 0.410 e. The zero-order valence-electron chi connectivity index (χ0n) is 17.8. The summed E-state index contributed by atoms with van der Waals surface area (Å²) in [7, 11) is 0. The number of carbonyl (C=O) groups excluding carboxylic acids is 2. The van der Waals surface area contributed by atoms with Crippen LogP contribution in [0.4, 0.5) is 10.6 Å². The van der Waals surface area contributed by atoms with Gasteiger partial charge in [0.1, 0.15) is 10.2 Å². The zero-order valence-corrected chi connectivity index (χ0v) is 19.4. The van der Waals surface area contributed by atoms with Crippen LogP contribution in [0.1, 0.15) is 51.0 Å². The van der Waals surface area contributed by atoms with E-state index in [9.17, 15) is 9.59 Å². The molecule has 164 valence electrons. The smallest absolute Gasteiger partial charge is 0.410 e. The number of halogens is 1. The Labute approximate surface area is 184 Å². The van der Waals surface area contributed by atoms with E-state index in [4.69, 9.17) is 9.47 Å². The van der Waals surface area contributed by atoms with Crippen molar-refractivity contribution in [3.05, 3.63) is 22.7 Å². The van der Waals surface area contributed by atoms with Gasteiger partial charge in [0.25, 0.3) is 0 Å². The molecule has 1 N–H and O–H groups in total. The fourth-order valence-corrected chi connectivity index (χ4v) is 3.67. The second-order valence-electron chi connectivity index (χ2n) is 8.28. The van der Waals surface area contributed by atoms with Crippen LogP contribution in [0.5, 0.6) is 0 Å². The molecular weight excluding hydrogens is 454 g/mol. The highest BCUT2D eigenvalue weighted by molar-refractivity contribution is 9.10. The van der Waals surface area contributed by atoms with Crippen LogP contribution in [0, 0.1) is 5.92 Å². The number of piperidine rings is 1. The van der Waals surface area contributed by atoms with Crippen LogP contribution >= 0.6 is 15.9 Å². The number of ether oxygens (including phenoxy) is 2. The number of amides is 1. The Bertz CT molecular complexity index is 916. The van der Waals surface area contributed by atoms with Gasteiger partial charge in [-0.3, -0.25) is 0 Å². The van der Waals surface area contributed by atoms with Gasteiger partial charge in [-0.2, -0.15) is 0 Å². The number of likely N-dealkylation sites (tertiary alicyclic amines) is 1. The molecule has 2 aromatic rings. The van der Waals surface area contributed by atoms with E-state index in [0.29, 0.717) is 48.2 Å². The summed E-state index contributed by atoms with van der Waals surface area (Å²) in [5.74, 6) is 0.524. The molecule has 9 nitrogen and oxygen atoms in total. The second-order valence-corrected chi connectivity index (χ2v) is 9.09. The van der Waals surface area contributed by atoms with Gasteiger partial charge in [-0.15, -0.1) is 0 Å². The van der Waals surface area contributed by atoms with E-state index in [1.165, 1.54) is 0 Å². The molecule has 3 heterocycles. The van der Waals surface area contributed by atoms with Crippen molar-refractivity contribution >= 4 is 39.5 Å². The number of imidazole rings is 1. The lowest BCUT2D eigenvalue weighted by molar-refractivity contribution is 0.0188.